The van der Waals surface area contributed by atoms with Gasteiger partial charge in [0.2, 0.25) is 0 Å². The fourth-order valence-electron chi connectivity index (χ4n) is 2.14. The minimum atomic E-state index is 0.0759. The molecule has 1 fully saturated rings. The maximum atomic E-state index is 8.76. The average molecular weight is 257 g/mol. The van der Waals surface area contributed by atoms with E-state index >= 15 is 0 Å². The molecule has 2 heterocycles. The number of pyridine rings is 1. The Morgan fingerprint density at radius 3 is 3.24 bits per heavy atom. The van der Waals surface area contributed by atoms with Crippen molar-refractivity contribution in [2.75, 3.05) is 31.2 Å². The second-order valence-corrected chi connectivity index (χ2v) is 4.54. The quantitative estimate of drug-likeness (QED) is 0.891. The number of ether oxygens (including phenoxy) is 1. The van der Waals surface area contributed by atoms with Crippen LogP contribution < -0.4 is 4.90 Å². The van der Waals surface area contributed by atoms with Gasteiger partial charge in [0, 0.05) is 25.5 Å². The van der Waals surface area contributed by atoms with Crippen molar-refractivity contribution in [3.63, 3.8) is 0 Å². The molecule has 5 heteroatoms. The summed E-state index contributed by atoms with van der Waals surface area (Å²) < 4.78 is 5.57. The Hall–Kier alpha value is -0.840. The number of rotatable bonds is 4. The molecule has 0 aliphatic carbocycles. The van der Waals surface area contributed by atoms with Crippen LogP contribution in [0.5, 0.6) is 0 Å². The van der Waals surface area contributed by atoms with Crippen LogP contribution in [0.25, 0.3) is 0 Å². The Kier molecular flexibility index (Phi) is 4.59. The van der Waals surface area contributed by atoms with Crippen LogP contribution in [0, 0.1) is 0 Å². The van der Waals surface area contributed by atoms with Crippen molar-refractivity contribution in [1.29, 1.82) is 0 Å². The lowest BCUT2D eigenvalue weighted by Gasteiger charge is -2.34. The molecule has 1 aromatic rings. The van der Waals surface area contributed by atoms with E-state index in [9.17, 15) is 0 Å². The topological polar surface area (TPSA) is 45.6 Å². The van der Waals surface area contributed by atoms with Gasteiger partial charge in [-0.1, -0.05) is 11.6 Å². The molecular weight excluding hydrogens is 240 g/mol. The highest BCUT2D eigenvalue weighted by Gasteiger charge is 2.21. The number of nitrogens with zero attached hydrogens (tertiary/aromatic N) is 2. The number of aliphatic hydroxyl groups excluding tert-OH is 1. The molecule has 0 spiro atoms. The zero-order chi connectivity index (χ0) is 12.1. The number of aromatic nitrogens is 1. The second kappa shape index (κ2) is 6.19. The van der Waals surface area contributed by atoms with Crippen LogP contribution in [0.4, 0.5) is 5.69 Å². The summed E-state index contributed by atoms with van der Waals surface area (Å²) in [5.41, 5.74) is 1.01. The Labute approximate surface area is 106 Å². The molecule has 17 heavy (non-hydrogen) atoms. The molecular formula is C12H17ClN2O2. The molecule has 94 valence electrons. The number of halogens is 1. The van der Waals surface area contributed by atoms with Crippen LogP contribution in [-0.2, 0) is 4.74 Å². The van der Waals surface area contributed by atoms with Crippen LogP contribution in [0.2, 0.25) is 5.02 Å². The molecule has 2 rings (SSSR count). The molecule has 4 nitrogen and oxygen atoms in total. The predicted octanol–water partition coefficient (Wildman–Crippen LogP) is 1.71. The monoisotopic (exact) mass is 256 g/mol. The summed E-state index contributed by atoms with van der Waals surface area (Å²) in [6, 6.07) is 1.93. The van der Waals surface area contributed by atoms with Gasteiger partial charge >= 0.3 is 0 Å². The SMILES string of the molecule is OCCO[C@@H]1CCCN(c2ccncc2Cl)C1. The van der Waals surface area contributed by atoms with Gasteiger partial charge in [-0.05, 0) is 18.9 Å². The molecule has 1 saturated heterocycles. The Bertz CT molecular complexity index is 362. The van der Waals surface area contributed by atoms with Crippen molar-refractivity contribution in [3.05, 3.63) is 23.5 Å². The van der Waals surface area contributed by atoms with E-state index in [1.165, 1.54) is 0 Å². The van der Waals surface area contributed by atoms with Crippen molar-refractivity contribution in [3.8, 4) is 0 Å². The van der Waals surface area contributed by atoms with E-state index in [-0.39, 0.29) is 12.7 Å². The first-order valence-corrected chi connectivity index (χ1v) is 6.26. The molecule has 0 aromatic carbocycles. The van der Waals surface area contributed by atoms with E-state index in [0.717, 1.165) is 31.6 Å². The first-order valence-electron chi connectivity index (χ1n) is 5.88. The molecule has 0 radical (unpaired) electrons. The van der Waals surface area contributed by atoms with Gasteiger partial charge in [-0.2, -0.15) is 0 Å². The number of anilines is 1. The van der Waals surface area contributed by atoms with Crippen molar-refractivity contribution in [1.82, 2.24) is 4.98 Å². The average Bonchev–Trinajstić information content (AvgIpc) is 2.37. The lowest BCUT2D eigenvalue weighted by molar-refractivity contribution is 0.0214. The molecule has 1 N–H and O–H groups in total. The maximum Gasteiger partial charge on any atom is 0.0822 e. The normalized spacial score (nSPS) is 20.6. The number of hydrogen-bond donors (Lipinski definition) is 1. The summed E-state index contributed by atoms with van der Waals surface area (Å²) >= 11 is 6.12. The number of hydrogen-bond acceptors (Lipinski definition) is 4. The van der Waals surface area contributed by atoms with Gasteiger partial charge < -0.3 is 14.7 Å². The summed E-state index contributed by atoms with van der Waals surface area (Å²) in [6.07, 6.45) is 5.71. The largest absolute Gasteiger partial charge is 0.394 e. The lowest BCUT2D eigenvalue weighted by atomic mass is 10.1. The van der Waals surface area contributed by atoms with Crippen molar-refractivity contribution in [2.45, 2.75) is 18.9 Å². The third kappa shape index (κ3) is 3.31. The lowest BCUT2D eigenvalue weighted by Crippen LogP contribution is -2.40. The fourth-order valence-corrected chi connectivity index (χ4v) is 2.38. The van der Waals surface area contributed by atoms with E-state index in [0.29, 0.717) is 11.6 Å². The van der Waals surface area contributed by atoms with Crippen molar-refractivity contribution >= 4 is 17.3 Å². The Morgan fingerprint density at radius 1 is 1.59 bits per heavy atom. The smallest absolute Gasteiger partial charge is 0.0822 e. The van der Waals surface area contributed by atoms with E-state index in [1.807, 2.05) is 6.07 Å². The highest BCUT2D eigenvalue weighted by molar-refractivity contribution is 6.33. The molecule has 0 unspecified atom stereocenters. The molecule has 1 aromatic heterocycles. The molecule has 1 aliphatic heterocycles. The summed E-state index contributed by atoms with van der Waals surface area (Å²) in [7, 11) is 0. The number of aliphatic hydroxyl groups is 1. The molecule has 0 bridgehead atoms. The first-order chi connectivity index (χ1) is 8.31. The number of piperidine rings is 1. The van der Waals surface area contributed by atoms with Gasteiger partial charge in [0.05, 0.1) is 30.0 Å². The zero-order valence-corrected chi connectivity index (χ0v) is 10.4. The van der Waals surface area contributed by atoms with Crippen LogP contribution in [0.15, 0.2) is 18.5 Å². The summed E-state index contributed by atoms with van der Waals surface area (Å²) in [5.74, 6) is 0. The van der Waals surface area contributed by atoms with Gasteiger partial charge in [-0.25, -0.2) is 0 Å². The summed E-state index contributed by atoms with van der Waals surface area (Å²) in [4.78, 5) is 6.20. The van der Waals surface area contributed by atoms with Gasteiger partial charge in [0.25, 0.3) is 0 Å². The van der Waals surface area contributed by atoms with Gasteiger partial charge in [-0.15, -0.1) is 0 Å². The Morgan fingerprint density at radius 2 is 2.47 bits per heavy atom. The van der Waals surface area contributed by atoms with Crippen molar-refractivity contribution in [2.24, 2.45) is 0 Å². The molecule has 1 atom stereocenters. The van der Waals surface area contributed by atoms with Gasteiger partial charge in [0.15, 0.2) is 0 Å². The van der Waals surface area contributed by atoms with Crippen LogP contribution >= 0.6 is 11.6 Å². The molecule has 0 saturated carbocycles. The van der Waals surface area contributed by atoms with E-state index < -0.39 is 0 Å². The standard InChI is InChI=1S/C12H17ClN2O2/c13-11-8-14-4-3-12(11)15-5-1-2-10(9-15)17-7-6-16/h3-4,8,10,16H,1-2,5-7,9H2/t10-/m1/s1. The third-order valence-electron chi connectivity index (χ3n) is 2.91. The van der Waals surface area contributed by atoms with Gasteiger partial charge in [-0.3, -0.25) is 4.98 Å². The minimum Gasteiger partial charge on any atom is -0.394 e. The summed E-state index contributed by atoms with van der Waals surface area (Å²) in [6.45, 7) is 2.29. The zero-order valence-electron chi connectivity index (χ0n) is 9.68. The molecule has 0 amide bonds. The van der Waals surface area contributed by atoms with E-state index in [4.69, 9.17) is 21.4 Å². The summed E-state index contributed by atoms with van der Waals surface area (Å²) in [5, 5.41) is 9.43. The Balaban J connectivity index is 1.99. The minimum absolute atomic E-state index is 0.0759. The van der Waals surface area contributed by atoms with Crippen LogP contribution in [0.1, 0.15) is 12.8 Å². The fraction of sp³-hybridized carbons (Fsp3) is 0.583. The first kappa shape index (κ1) is 12.6. The van der Waals surface area contributed by atoms with Crippen LogP contribution in [-0.4, -0.2) is 42.5 Å². The van der Waals surface area contributed by atoms with Crippen LogP contribution in [0.3, 0.4) is 0 Å². The highest BCUT2D eigenvalue weighted by Crippen LogP contribution is 2.27. The van der Waals surface area contributed by atoms with E-state index in [1.54, 1.807) is 12.4 Å². The van der Waals surface area contributed by atoms with E-state index in [2.05, 4.69) is 9.88 Å². The highest BCUT2D eigenvalue weighted by atomic mass is 35.5. The maximum absolute atomic E-state index is 8.76. The third-order valence-corrected chi connectivity index (χ3v) is 3.21. The van der Waals surface area contributed by atoms with Crippen molar-refractivity contribution < 1.29 is 9.84 Å². The predicted molar refractivity (Wildman–Crippen MR) is 67.5 cm³/mol. The molecule has 1 aliphatic rings. The van der Waals surface area contributed by atoms with Gasteiger partial charge in [0.1, 0.15) is 0 Å². The second-order valence-electron chi connectivity index (χ2n) is 4.13.